The minimum absolute atomic E-state index is 0.182. The van der Waals surface area contributed by atoms with Crippen molar-refractivity contribution < 1.29 is 14.3 Å². The Hall–Kier alpha value is -3.64. The molecule has 0 amide bonds. The Morgan fingerprint density at radius 1 is 0.862 bits per heavy atom. The van der Waals surface area contributed by atoms with Gasteiger partial charge in [-0.15, -0.1) is 6.42 Å². The lowest BCUT2D eigenvalue weighted by atomic mass is 9.81. The van der Waals surface area contributed by atoms with Gasteiger partial charge >= 0.3 is 5.97 Å². The third-order valence-corrected chi connectivity index (χ3v) is 4.77. The topological polar surface area (TPSA) is 43.4 Å². The first-order chi connectivity index (χ1) is 14.2. The van der Waals surface area contributed by atoms with E-state index in [1.165, 1.54) is 0 Å². The average Bonchev–Trinajstić information content (AvgIpc) is 2.78. The summed E-state index contributed by atoms with van der Waals surface area (Å²) in [6.45, 7) is 1.89. The summed E-state index contributed by atoms with van der Waals surface area (Å²) in [5, 5.41) is 0. The van der Waals surface area contributed by atoms with Gasteiger partial charge in [0, 0.05) is 5.56 Å². The molecule has 0 unspecified atom stereocenters. The molecule has 0 radical (unpaired) electrons. The molecular weight excluding hydrogens is 360 g/mol. The Labute approximate surface area is 171 Å². The van der Waals surface area contributed by atoms with Crippen molar-refractivity contribution in [2.75, 3.05) is 6.61 Å². The maximum Gasteiger partial charge on any atom is 0.318 e. The van der Waals surface area contributed by atoms with E-state index in [4.69, 9.17) is 11.2 Å². The van der Waals surface area contributed by atoms with Crippen molar-refractivity contribution in [1.82, 2.24) is 0 Å². The van der Waals surface area contributed by atoms with Crippen LogP contribution in [0, 0.1) is 18.3 Å². The average molecular weight is 382 g/mol. The highest BCUT2D eigenvalue weighted by atomic mass is 16.5. The summed E-state index contributed by atoms with van der Waals surface area (Å²) in [6.07, 6.45) is 5.79. The Balaban J connectivity index is 1.96. The van der Waals surface area contributed by atoms with Crippen LogP contribution in [0.1, 0.15) is 28.8 Å². The van der Waals surface area contributed by atoms with E-state index >= 15 is 0 Å². The number of rotatable bonds is 7. The van der Waals surface area contributed by atoms with Crippen LogP contribution < -0.4 is 0 Å². The molecule has 0 spiro atoms. The minimum atomic E-state index is -1.09. The molecule has 0 saturated heterocycles. The van der Waals surface area contributed by atoms with Crippen LogP contribution in [0.15, 0.2) is 84.9 Å². The van der Waals surface area contributed by atoms with Gasteiger partial charge in [-0.05, 0) is 23.6 Å². The molecule has 3 aromatic rings. The van der Waals surface area contributed by atoms with Crippen LogP contribution >= 0.6 is 0 Å². The number of benzene rings is 3. The normalized spacial score (nSPS) is 12.4. The highest BCUT2D eigenvalue weighted by Crippen LogP contribution is 2.30. The number of ketones is 1. The van der Waals surface area contributed by atoms with E-state index < -0.39 is 17.8 Å². The molecule has 0 N–H and O–H groups in total. The lowest BCUT2D eigenvalue weighted by Crippen LogP contribution is -2.31. The molecule has 3 heteroatoms. The van der Waals surface area contributed by atoms with E-state index in [2.05, 4.69) is 5.92 Å². The van der Waals surface area contributed by atoms with Gasteiger partial charge in [0.1, 0.15) is 5.92 Å². The molecule has 0 aliphatic heterocycles. The van der Waals surface area contributed by atoms with E-state index in [1.807, 2.05) is 60.7 Å². The lowest BCUT2D eigenvalue weighted by molar-refractivity contribution is -0.146. The molecule has 0 bridgehead atoms. The van der Waals surface area contributed by atoms with Crippen molar-refractivity contribution in [3.63, 3.8) is 0 Å². The maximum atomic E-state index is 13.1. The number of carbonyl (C=O) groups is 2. The van der Waals surface area contributed by atoms with Crippen LogP contribution in [-0.2, 0) is 9.53 Å². The fourth-order valence-corrected chi connectivity index (χ4v) is 3.31. The van der Waals surface area contributed by atoms with Crippen molar-refractivity contribution in [3.05, 3.63) is 96.1 Å². The summed E-state index contributed by atoms with van der Waals surface area (Å²) in [4.78, 5) is 25.8. The lowest BCUT2D eigenvalue weighted by Gasteiger charge is -2.21. The first-order valence-electron chi connectivity index (χ1n) is 9.53. The summed E-state index contributed by atoms with van der Waals surface area (Å²) >= 11 is 0. The number of hydrogen-bond donors (Lipinski definition) is 0. The molecule has 0 aromatic heterocycles. The molecule has 0 aliphatic carbocycles. The van der Waals surface area contributed by atoms with Crippen LogP contribution in [0.2, 0.25) is 0 Å². The van der Waals surface area contributed by atoms with Gasteiger partial charge in [0.05, 0.1) is 12.5 Å². The number of esters is 1. The van der Waals surface area contributed by atoms with Gasteiger partial charge in [-0.3, -0.25) is 9.59 Å². The predicted octanol–water partition coefficient (Wildman–Crippen LogP) is 5.13. The molecule has 2 atom stereocenters. The first-order valence-corrected chi connectivity index (χ1v) is 9.53. The fourth-order valence-electron chi connectivity index (χ4n) is 3.31. The Bertz CT molecular complexity index is 999. The maximum absolute atomic E-state index is 13.1. The first kappa shape index (κ1) is 20.1. The third-order valence-electron chi connectivity index (χ3n) is 4.77. The molecular formula is C26H22O3. The Morgan fingerprint density at radius 2 is 1.41 bits per heavy atom. The Morgan fingerprint density at radius 3 is 1.97 bits per heavy atom. The van der Waals surface area contributed by atoms with E-state index in [0.717, 1.165) is 16.7 Å². The van der Waals surface area contributed by atoms with Crippen LogP contribution in [0.25, 0.3) is 11.1 Å². The smallest absolute Gasteiger partial charge is 0.318 e. The monoisotopic (exact) mass is 382 g/mol. The van der Waals surface area contributed by atoms with Gasteiger partial charge in [0.25, 0.3) is 0 Å². The number of hydrogen-bond acceptors (Lipinski definition) is 3. The van der Waals surface area contributed by atoms with Gasteiger partial charge in [-0.25, -0.2) is 0 Å². The quantitative estimate of drug-likeness (QED) is 0.246. The highest BCUT2D eigenvalue weighted by molar-refractivity contribution is 6.09. The highest BCUT2D eigenvalue weighted by Gasteiger charge is 2.36. The standard InChI is InChI=1S/C26H22O3/c1-3-23(21-17-15-20(16-18-21)19-11-7-5-8-12-19)24(26(28)29-4-2)25(27)22-13-9-6-10-14-22/h1,5-18,23-24H,4H2,2H3/t23-,24-/m1/s1. The molecule has 3 nitrogen and oxygen atoms in total. The molecule has 29 heavy (non-hydrogen) atoms. The number of terminal acetylenes is 1. The number of Topliss-reactive ketones (excluding diaryl/α,β-unsaturated/α-hetero) is 1. The third kappa shape index (κ3) is 4.62. The Kier molecular flexibility index (Phi) is 6.60. The van der Waals surface area contributed by atoms with E-state index in [-0.39, 0.29) is 12.4 Å². The molecule has 0 fully saturated rings. The van der Waals surface area contributed by atoms with Gasteiger partial charge in [0.2, 0.25) is 0 Å². The van der Waals surface area contributed by atoms with Gasteiger partial charge in [-0.2, -0.15) is 0 Å². The van der Waals surface area contributed by atoms with Gasteiger partial charge < -0.3 is 4.74 Å². The molecule has 0 aliphatic rings. The molecule has 144 valence electrons. The predicted molar refractivity (Wildman–Crippen MR) is 114 cm³/mol. The van der Waals surface area contributed by atoms with Crippen LogP contribution in [-0.4, -0.2) is 18.4 Å². The second kappa shape index (κ2) is 9.52. The summed E-state index contributed by atoms with van der Waals surface area (Å²) in [5.41, 5.74) is 3.28. The van der Waals surface area contributed by atoms with Crippen molar-refractivity contribution in [2.45, 2.75) is 12.8 Å². The zero-order valence-corrected chi connectivity index (χ0v) is 16.2. The zero-order chi connectivity index (χ0) is 20.6. The van der Waals surface area contributed by atoms with Crippen molar-refractivity contribution in [1.29, 1.82) is 0 Å². The van der Waals surface area contributed by atoms with Gasteiger partial charge in [-0.1, -0.05) is 90.8 Å². The summed E-state index contributed by atoms with van der Waals surface area (Å²) in [6, 6.07) is 26.3. The van der Waals surface area contributed by atoms with Crippen molar-refractivity contribution in [2.24, 2.45) is 5.92 Å². The SMILES string of the molecule is C#C[C@H](c1ccc(-c2ccccc2)cc1)[C@@H](C(=O)OCC)C(=O)c1ccccc1. The summed E-state index contributed by atoms with van der Waals surface area (Å²) < 4.78 is 5.19. The van der Waals surface area contributed by atoms with Crippen molar-refractivity contribution in [3.8, 4) is 23.5 Å². The summed E-state index contributed by atoms with van der Waals surface area (Å²) in [7, 11) is 0. The van der Waals surface area contributed by atoms with Crippen LogP contribution in [0.4, 0.5) is 0 Å². The van der Waals surface area contributed by atoms with E-state index in [1.54, 1.807) is 31.2 Å². The zero-order valence-electron chi connectivity index (χ0n) is 16.2. The number of ether oxygens (including phenoxy) is 1. The van der Waals surface area contributed by atoms with Crippen LogP contribution in [0.5, 0.6) is 0 Å². The molecule has 0 heterocycles. The van der Waals surface area contributed by atoms with E-state index in [9.17, 15) is 9.59 Å². The van der Waals surface area contributed by atoms with Crippen LogP contribution in [0.3, 0.4) is 0 Å². The molecule has 3 rings (SSSR count). The second-order valence-electron chi connectivity index (χ2n) is 6.59. The number of carbonyl (C=O) groups excluding carboxylic acids is 2. The van der Waals surface area contributed by atoms with Gasteiger partial charge in [0.15, 0.2) is 5.78 Å². The second-order valence-corrected chi connectivity index (χ2v) is 6.59. The van der Waals surface area contributed by atoms with E-state index in [0.29, 0.717) is 5.56 Å². The van der Waals surface area contributed by atoms with Crippen molar-refractivity contribution >= 4 is 11.8 Å². The molecule has 0 saturated carbocycles. The summed E-state index contributed by atoms with van der Waals surface area (Å²) in [5.74, 6) is -0.0974. The molecule has 3 aromatic carbocycles. The minimum Gasteiger partial charge on any atom is -0.465 e. The fraction of sp³-hybridized carbons (Fsp3) is 0.154. The largest absolute Gasteiger partial charge is 0.465 e.